The van der Waals surface area contributed by atoms with Gasteiger partial charge in [0.1, 0.15) is 11.3 Å². The maximum Gasteiger partial charge on any atom is 0.254 e. The Morgan fingerprint density at radius 1 is 1.43 bits per heavy atom. The molecule has 2 N–H and O–H groups in total. The van der Waals surface area contributed by atoms with Crippen LogP contribution in [0, 0.1) is 0 Å². The number of rotatable bonds is 3. The summed E-state index contributed by atoms with van der Waals surface area (Å²) in [5.41, 5.74) is 7.62. The Morgan fingerprint density at radius 2 is 2.29 bits per heavy atom. The average molecular weight is 306 g/mol. The molecule has 1 aromatic heterocycles. The van der Waals surface area contributed by atoms with Crippen molar-refractivity contribution in [2.24, 2.45) is 5.73 Å². The summed E-state index contributed by atoms with van der Waals surface area (Å²) < 4.78 is 12.7. The number of amides is 1. The third kappa shape index (κ3) is 2.99. The molecule has 6 heteroatoms. The van der Waals surface area contributed by atoms with Crippen LogP contribution in [0.1, 0.15) is 21.5 Å². The van der Waals surface area contributed by atoms with Gasteiger partial charge in [-0.05, 0) is 18.2 Å². The molecule has 0 radical (unpaired) electrons. The average Bonchev–Trinajstić information content (AvgIpc) is 2.47. The maximum atomic E-state index is 11.2. The highest BCUT2D eigenvalue weighted by Gasteiger charge is 2.19. The topological polar surface area (TPSA) is 65.4 Å². The first kappa shape index (κ1) is 13.9. The highest BCUT2D eigenvalue weighted by atomic mass is 35.5. The summed E-state index contributed by atoms with van der Waals surface area (Å²) in [6, 6.07) is 7.15. The Morgan fingerprint density at radius 3 is 3.10 bits per heavy atom. The molecule has 0 spiro atoms. The first-order chi connectivity index (χ1) is 10.1. The number of carbonyl (C=O) groups excluding carboxylic acids is 1. The van der Waals surface area contributed by atoms with Crippen molar-refractivity contribution in [3.05, 3.63) is 58.4 Å². The molecule has 0 saturated heterocycles. The summed E-state index contributed by atoms with van der Waals surface area (Å²) >= 11 is 6.14. The van der Waals surface area contributed by atoms with Crippen molar-refractivity contribution >= 4 is 17.5 Å². The van der Waals surface area contributed by atoms with Crippen LogP contribution < -0.4 is 15.0 Å². The molecular formula is C15H14ClN2O3+. The lowest BCUT2D eigenvalue weighted by atomic mass is 10.1. The lowest BCUT2D eigenvalue weighted by Gasteiger charge is -2.20. The van der Waals surface area contributed by atoms with E-state index in [2.05, 4.69) is 0 Å². The molecule has 0 fully saturated rings. The van der Waals surface area contributed by atoms with Gasteiger partial charge in [0.2, 0.25) is 0 Å². The minimum absolute atomic E-state index is 0.230. The van der Waals surface area contributed by atoms with Gasteiger partial charge in [-0.25, -0.2) is 0 Å². The van der Waals surface area contributed by atoms with E-state index in [4.69, 9.17) is 26.8 Å². The van der Waals surface area contributed by atoms with Crippen LogP contribution in [-0.2, 0) is 17.9 Å². The van der Waals surface area contributed by atoms with E-state index >= 15 is 0 Å². The second-order valence-electron chi connectivity index (χ2n) is 4.79. The number of halogens is 1. The Kier molecular flexibility index (Phi) is 3.77. The molecule has 0 atom stereocenters. The zero-order valence-electron chi connectivity index (χ0n) is 11.2. The van der Waals surface area contributed by atoms with Gasteiger partial charge in [-0.3, -0.25) is 4.79 Å². The molecule has 1 amide bonds. The van der Waals surface area contributed by atoms with Crippen LogP contribution >= 0.6 is 11.6 Å². The SMILES string of the molecule is NC(=O)c1ccc[n+](Cc2cc(Cl)cc3c2OCOC3)c1. The fourth-order valence-corrected chi connectivity index (χ4v) is 2.60. The van der Waals surface area contributed by atoms with E-state index in [1.807, 2.05) is 22.9 Å². The van der Waals surface area contributed by atoms with Crippen LogP contribution in [0.4, 0.5) is 0 Å². The minimum Gasteiger partial charge on any atom is -0.467 e. The smallest absolute Gasteiger partial charge is 0.254 e. The number of ether oxygens (including phenoxy) is 2. The second-order valence-corrected chi connectivity index (χ2v) is 5.23. The third-order valence-corrected chi connectivity index (χ3v) is 3.47. The lowest BCUT2D eigenvalue weighted by Crippen LogP contribution is -2.35. The number of hydrogen-bond acceptors (Lipinski definition) is 3. The fourth-order valence-electron chi connectivity index (χ4n) is 2.34. The molecule has 1 aromatic carbocycles. The number of pyridine rings is 1. The van der Waals surface area contributed by atoms with Gasteiger partial charge >= 0.3 is 0 Å². The van der Waals surface area contributed by atoms with E-state index in [0.29, 0.717) is 23.7 Å². The summed E-state index contributed by atoms with van der Waals surface area (Å²) in [5.74, 6) is 0.338. The normalized spacial score (nSPS) is 13.4. The molecule has 0 bridgehead atoms. The van der Waals surface area contributed by atoms with Gasteiger partial charge in [-0.2, -0.15) is 4.57 Å². The van der Waals surface area contributed by atoms with Gasteiger partial charge in [0, 0.05) is 16.7 Å². The number of aromatic nitrogens is 1. The van der Waals surface area contributed by atoms with Gasteiger partial charge in [-0.15, -0.1) is 0 Å². The van der Waals surface area contributed by atoms with Crippen molar-refractivity contribution in [1.82, 2.24) is 0 Å². The molecule has 3 rings (SSSR count). The van der Waals surface area contributed by atoms with Crippen molar-refractivity contribution in [3.8, 4) is 5.75 Å². The molecule has 0 aliphatic carbocycles. The van der Waals surface area contributed by atoms with Crippen LogP contribution in [-0.4, -0.2) is 12.7 Å². The molecule has 21 heavy (non-hydrogen) atoms. The van der Waals surface area contributed by atoms with Gasteiger partial charge in [-0.1, -0.05) is 11.6 Å². The van der Waals surface area contributed by atoms with Crippen LogP contribution in [0.2, 0.25) is 5.02 Å². The van der Waals surface area contributed by atoms with Gasteiger partial charge in [0.15, 0.2) is 25.7 Å². The maximum absolute atomic E-state index is 11.2. The zero-order valence-corrected chi connectivity index (χ0v) is 12.0. The van der Waals surface area contributed by atoms with Crippen molar-refractivity contribution in [2.75, 3.05) is 6.79 Å². The van der Waals surface area contributed by atoms with E-state index in [1.165, 1.54) is 0 Å². The molecule has 1 aliphatic heterocycles. The lowest BCUT2D eigenvalue weighted by molar-refractivity contribution is -0.688. The highest BCUT2D eigenvalue weighted by Crippen LogP contribution is 2.31. The van der Waals surface area contributed by atoms with E-state index in [9.17, 15) is 4.79 Å². The number of benzene rings is 1. The molecule has 2 heterocycles. The predicted octanol–water partition coefficient (Wildman–Crippen LogP) is 1.64. The van der Waals surface area contributed by atoms with Crippen molar-refractivity contribution in [3.63, 3.8) is 0 Å². The standard InChI is InChI=1S/C15H13ClN2O3/c16-13-4-11(14-12(5-13)8-20-9-21-14)7-18-3-1-2-10(6-18)15(17)19/h1-6H,7-9H2,(H-,17,19)/p+1. The molecule has 0 unspecified atom stereocenters. The Bertz CT molecular complexity index is 703. The van der Waals surface area contributed by atoms with Crippen molar-refractivity contribution < 1.29 is 18.8 Å². The van der Waals surface area contributed by atoms with Gasteiger partial charge in [0.25, 0.3) is 5.91 Å². The summed E-state index contributed by atoms with van der Waals surface area (Å²) in [7, 11) is 0. The number of fused-ring (bicyclic) bond motifs is 1. The number of nitrogens with zero attached hydrogens (tertiary/aromatic N) is 1. The van der Waals surface area contributed by atoms with Crippen molar-refractivity contribution in [1.29, 1.82) is 0 Å². The second kappa shape index (κ2) is 5.71. The van der Waals surface area contributed by atoms with Crippen LogP contribution in [0.5, 0.6) is 5.75 Å². The summed E-state index contributed by atoms with van der Waals surface area (Å²) in [6.45, 7) is 1.24. The first-order valence-electron chi connectivity index (χ1n) is 6.44. The van der Waals surface area contributed by atoms with Gasteiger partial charge in [0.05, 0.1) is 12.2 Å². The molecule has 0 saturated carbocycles. The Hall–Kier alpha value is -2.11. The third-order valence-electron chi connectivity index (χ3n) is 3.25. The number of carbonyl (C=O) groups is 1. The first-order valence-corrected chi connectivity index (χ1v) is 6.82. The van der Waals surface area contributed by atoms with E-state index in [0.717, 1.165) is 16.9 Å². The summed E-state index contributed by atoms with van der Waals surface area (Å²) in [6.07, 6.45) is 3.56. The summed E-state index contributed by atoms with van der Waals surface area (Å²) in [5, 5.41) is 0.629. The van der Waals surface area contributed by atoms with E-state index in [-0.39, 0.29) is 6.79 Å². The van der Waals surface area contributed by atoms with Crippen LogP contribution in [0.15, 0.2) is 36.7 Å². The van der Waals surface area contributed by atoms with Crippen LogP contribution in [0.3, 0.4) is 0 Å². The van der Waals surface area contributed by atoms with E-state index in [1.54, 1.807) is 18.3 Å². The Balaban J connectivity index is 1.96. The zero-order chi connectivity index (χ0) is 14.8. The number of hydrogen-bond donors (Lipinski definition) is 1. The molecular weight excluding hydrogens is 292 g/mol. The van der Waals surface area contributed by atoms with Crippen LogP contribution in [0.25, 0.3) is 0 Å². The fraction of sp³-hybridized carbons (Fsp3) is 0.200. The monoisotopic (exact) mass is 305 g/mol. The molecule has 5 nitrogen and oxygen atoms in total. The quantitative estimate of drug-likeness (QED) is 0.877. The molecule has 2 aromatic rings. The number of primary amides is 1. The number of nitrogens with two attached hydrogens (primary N) is 1. The molecule has 108 valence electrons. The highest BCUT2D eigenvalue weighted by molar-refractivity contribution is 6.30. The van der Waals surface area contributed by atoms with E-state index < -0.39 is 5.91 Å². The molecule has 1 aliphatic rings. The predicted molar refractivity (Wildman–Crippen MR) is 76.0 cm³/mol. The largest absolute Gasteiger partial charge is 0.467 e. The van der Waals surface area contributed by atoms with Gasteiger partial charge < -0.3 is 15.2 Å². The summed E-state index contributed by atoms with van der Waals surface area (Å²) in [4.78, 5) is 11.2. The van der Waals surface area contributed by atoms with Crippen molar-refractivity contribution in [2.45, 2.75) is 13.2 Å². The Labute approximate surface area is 126 Å². The minimum atomic E-state index is -0.456.